The summed E-state index contributed by atoms with van der Waals surface area (Å²) in [6.45, 7) is 5.70. The molecule has 3 N–H and O–H groups in total. The Morgan fingerprint density at radius 1 is 1.08 bits per heavy atom. The summed E-state index contributed by atoms with van der Waals surface area (Å²) < 4.78 is 26.7. The number of hydrogen-bond acceptors (Lipinski definition) is 4. The Hall–Kier alpha value is -2.22. The summed E-state index contributed by atoms with van der Waals surface area (Å²) in [4.78, 5) is 12.4. The van der Waals surface area contributed by atoms with Gasteiger partial charge in [0.2, 0.25) is 10.0 Å². The summed E-state index contributed by atoms with van der Waals surface area (Å²) >= 11 is 0. The first kappa shape index (κ1) is 18.6. The molecule has 0 aromatic heterocycles. The van der Waals surface area contributed by atoms with Crippen LogP contribution in [0.5, 0.6) is 0 Å². The van der Waals surface area contributed by atoms with E-state index in [1.807, 2.05) is 6.07 Å². The molecule has 1 heterocycles. The van der Waals surface area contributed by atoms with Crippen LogP contribution >= 0.6 is 0 Å². The minimum Gasteiger partial charge on any atom is -0.348 e. The first-order valence-corrected chi connectivity index (χ1v) is 10.1. The minimum absolute atomic E-state index is 0.147. The number of amides is 1. The van der Waals surface area contributed by atoms with Crippen molar-refractivity contribution in [3.63, 3.8) is 0 Å². The molecule has 3 rings (SSSR count). The van der Waals surface area contributed by atoms with E-state index in [9.17, 15) is 13.2 Å². The van der Waals surface area contributed by atoms with Crippen LogP contribution in [-0.4, -0.2) is 20.4 Å². The third-order valence-corrected chi connectivity index (χ3v) is 5.85. The zero-order valence-corrected chi connectivity index (χ0v) is 15.7. The molecule has 7 heteroatoms. The van der Waals surface area contributed by atoms with E-state index in [-0.39, 0.29) is 16.8 Å². The van der Waals surface area contributed by atoms with Crippen LogP contribution in [0, 0.1) is 0 Å². The summed E-state index contributed by atoms with van der Waals surface area (Å²) in [5.74, 6) is -0.232. The second kappa shape index (κ2) is 7.57. The molecular weight excluding hydrogens is 350 g/mol. The number of benzene rings is 2. The largest absolute Gasteiger partial charge is 0.348 e. The van der Waals surface area contributed by atoms with Crippen molar-refractivity contribution in [2.75, 3.05) is 0 Å². The molecule has 0 radical (unpaired) electrons. The van der Waals surface area contributed by atoms with Crippen molar-refractivity contribution in [1.29, 1.82) is 0 Å². The number of carbonyl (C=O) groups is 1. The second-order valence-electron chi connectivity index (χ2n) is 6.69. The fourth-order valence-corrected chi connectivity index (χ4v) is 4.16. The van der Waals surface area contributed by atoms with E-state index < -0.39 is 10.0 Å². The molecule has 0 aliphatic carbocycles. The maximum Gasteiger partial charge on any atom is 0.251 e. The summed E-state index contributed by atoms with van der Waals surface area (Å²) in [6.07, 6.45) is 0. The molecule has 1 aliphatic rings. The quantitative estimate of drug-likeness (QED) is 0.722. The van der Waals surface area contributed by atoms with Gasteiger partial charge in [0, 0.05) is 31.2 Å². The monoisotopic (exact) mass is 373 g/mol. The summed E-state index contributed by atoms with van der Waals surface area (Å²) in [7, 11) is -3.55. The molecule has 2 aromatic rings. The Morgan fingerprint density at radius 2 is 1.77 bits per heavy atom. The van der Waals surface area contributed by atoms with Crippen molar-refractivity contribution in [3.05, 3.63) is 64.7 Å². The first-order valence-electron chi connectivity index (χ1n) is 8.57. The molecule has 138 valence electrons. The summed E-state index contributed by atoms with van der Waals surface area (Å²) in [6, 6.07) is 11.9. The minimum atomic E-state index is -3.55. The first-order chi connectivity index (χ1) is 12.3. The number of nitrogens with one attached hydrogen (secondary N) is 3. The average molecular weight is 373 g/mol. The van der Waals surface area contributed by atoms with Gasteiger partial charge in [-0.2, -0.15) is 0 Å². The second-order valence-corrected chi connectivity index (χ2v) is 8.40. The van der Waals surface area contributed by atoms with Crippen molar-refractivity contribution < 1.29 is 13.2 Å². The van der Waals surface area contributed by atoms with Gasteiger partial charge in [-0.15, -0.1) is 0 Å². The zero-order chi connectivity index (χ0) is 18.7. The molecule has 0 bridgehead atoms. The molecule has 0 spiro atoms. The third-order valence-electron chi connectivity index (χ3n) is 4.17. The van der Waals surface area contributed by atoms with Gasteiger partial charge in [0.15, 0.2) is 0 Å². The maximum absolute atomic E-state index is 12.3. The van der Waals surface area contributed by atoms with Crippen LogP contribution in [0.25, 0.3) is 0 Å². The Labute approximate surface area is 154 Å². The van der Waals surface area contributed by atoms with Gasteiger partial charge in [-0.05, 0) is 54.8 Å². The molecule has 0 saturated heterocycles. The van der Waals surface area contributed by atoms with E-state index in [2.05, 4.69) is 27.5 Å². The topological polar surface area (TPSA) is 87.3 Å². The highest BCUT2D eigenvalue weighted by atomic mass is 32.2. The predicted molar refractivity (Wildman–Crippen MR) is 100 cm³/mol. The molecule has 26 heavy (non-hydrogen) atoms. The SMILES string of the molecule is CC(C)NS(=O)(=O)c1ccc(C(=O)NCc2ccc3c(c2)CNC3)cc1. The number of rotatable bonds is 6. The lowest BCUT2D eigenvalue weighted by atomic mass is 10.1. The highest BCUT2D eigenvalue weighted by Gasteiger charge is 2.16. The summed E-state index contributed by atoms with van der Waals surface area (Å²) in [5.41, 5.74) is 4.04. The lowest BCUT2D eigenvalue weighted by molar-refractivity contribution is 0.0951. The van der Waals surface area contributed by atoms with Crippen LogP contribution in [0.15, 0.2) is 47.4 Å². The Kier molecular flexibility index (Phi) is 5.41. The standard InChI is InChI=1S/C19H23N3O3S/c1-13(2)22-26(24,25)18-7-5-15(6-8-18)19(23)21-10-14-3-4-16-11-20-12-17(16)9-14/h3-9,13,20,22H,10-12H2,1-2H3,(H,21,23). The van der Waals surface area contributed by atoms with Gasteiger partial charge < -0.3 is 10.6 Å². The lowest BCUT2D eigenvalue weighted by Crippen LogP contribution is -2.30. The average Bonchev–Trinajstić information content (AvgIpc) is 3.06. The molecule has 0 atom stereocenters. The maximum atomic E-state index is 12.3. The normalized spacial score (nSPS) is 13.7. The van der Waals surface area contributed by atoms with E-state index in [1.165, 1.54) is 35.4 Å². The molecule has 2 aromatic carbocycles. The van der Waals surface area contributed by atoms with Crippen LogP contribution in [0.1, 0.15) is 40.9 Å². The van der Waals surface area contributed by atoms with Crippen molar-refractivity contribution in [3.8, 4) is 0 Å². The highest BCUT2D eigenvalue weighted by Crippen LogP contribution is 2.17. The van der Waals surface area contributed by atoms with Gasteiger partial charge in [0.25, 0.3) is 5.91 Å². The zero-order valence-electron chi connectivity index (χ0n) is 14.9. The number of hydrogen-bond donors (Lipinski definition) is 3. The predicted octanol–water partition coefficient (Wildman–Crippen LogP) is 1.91. The number of carbonyl (C=O) groups excluding carboxylic acids is 1. The molecule has 0 unspecified atom stereocenters. The van der Waals surface area contributed by atoms with Crippen molar-refractivity contribution in [2.45, 2.75) is 44.4 Å². The van der Waals surface area contributed by atoms with Crippen molar-refractivity contribution in [2.24, 2.45) is 0 Å². The van der Waals surface area contributed by atoms with Crippen molar-refractivity contribution in [1.82, 2.24) is 15.4 Å². The van der Waals surface area contributed by atoms with Crippen molar-refractivity contribution >= 4 is 15.9 Å². The van der Waals surface area contributed by atoms with Gasteiger partial charge in [-0.3, -0.25) is 4.79 Å². The van der Waals surface area contributed by atoms with E-state index in [0.717, 1.165) is 18.7 Å². The third kappa shape index (κ3) is 4.30. The van der Waals surface area contributed by atoms with E-state index >= 15 is 0 Å². The van der Waals surface area contributed by atoms with Gasteiger partial charge in [-0.25, -0.2) is 13.1 Å². The van der Waals surface area contributed by atoms with Gasteiger partial charge >= 0.3 is 0 Å². The molecule has 1 aliphatic heterocycles. The molecule has 1 amide bonds. The number of fused-ring (bicyclic) bond motifs is 1. The van der Waals surface area contributed by atoms with Gasteiger partial charge in [0.05, 0.1) is 4.90 Å². The Morgan fingerprint density at radius 3 is 2.46 bits per heavy atom. The fourth-order valence-electron chi connectivity index (χ4n) is 2.91. The van der Waals surface area contributed by atoms with E-state index in [1.54, 1.807) is 13.8 Å². The molecule has 0 fully saturated rings. The lowest BCUT2D eigenvalue weighted by Gasteiger charge is -2.10. The van der Waals surface area contributed by atoms with Crippen LogP contribution in [0.4, 0.5) is 0 Å². The Balaban J connectivity index is 1.63. The fraction of sp³-hybridized carbons (Fsp3) is 0.316. The van der Waals surface area contributed by atoms with E-state index in [0.29, 0.717) is 12.1 Å². The smallest absolute Gasteiger partial charge is 0.251 e. The van der Waals surface area contributed by atoms with Crippen LogP contribution < -0.4 is 15.4 Å². The highest BCUT2D eigenvalue weighted by molar-refractivity contribution is 7.89. The van der Waals surface area contributed by atoms with Gasteiger partial charge in [0.1, 0.15) is 0 Å². The van der Waals surface area contributed by atoms with Gasteiger partial charge in [-0.1, -0.05) is 18.2 Å². The van der Waals surface area contributed by atoms with Crippen LogP contribution in [-0.2, 0) is 29.7 Å². The molecule has 0 saturated carbocycles. The number of sulfonamides is 1. The molecule has 6 nitrogen and oxygen atoms in total. The van der Waals surface area contributed by atoms with E-state index in [4.69, 9.17) is 0 Å². The van der Waals surface area contributed by atoms with Crippen LogP contribution in [0.2, 0.25) is 0 Å². The Bertz CT molecular complexity index is 906. The molecular formula is C19H23N3O3S. The van der Waals surface area contributed by atoms with Crippen LogP contribution in [0.3, 0.4) is 0 Å². The summed E-state index contributed by atoms with van der Waals surface area (Å²) in [5, 5.41) is 6.17.